The lowest BCUT2D eigenvalue weighted by Crippen LogP contribution is -2.04. The van der Waals surface area contributed by atoms with E-state index in [-0.39, 0.29) is 0 Å². The van der Waals surface area contributed by atoms with Gasteiger partial charge in [-0.05, 0) is 51.8 Å². The number of anilines is 2. The predicted molar refractivity (Wildman–Crippen MR) is 127 cm³/mol. The minimum atomic E-state index is 0.608. The van der Waals surface area contributed by atoms with E-state index in [1.54, 1.807) is 6.20 Å². The number of benzene rings is 3. The third-order valence-electron chi connectivity index (χ3n) is 4.44. The van der Waals surface area contributed by atoms with Crippen molar-refractivity contribution in [2.75, 3.05) is 18.1 Å². The number of halogens is 1. The predicted octanol–water partition coefficient (Wildman–Crippen LogP) is 5.32. The molecule has 6 heteroatoms. The average Bonchev–Trinajstić information content (AvgIpc) is 3.09. The number of hydrogen-bond donors (Lipinski definition) is 2. The highest BCUT2D eigenvalue weighted by Crippen LogP contribution is 2.36. The first kappa shape index (κ1) is 21.5. The molecule has 0 amide bonds. The van der Waals surface area contributed by atoms with Crippen molar-refractivity contribution in [1.82, 2.24) is 9.78 Å². The number of aromatic nitrogens is 2. The lowest BCUT2D eigenvalue weighted by Gasteiger charge is -2.13. The van der Waals surface area contributed by atoms with Gasteiger partial charge in [-0.25, -0.2) is 0 Å². The zero-order chi connectivity index (χ0) is 21.3. The highest BCUT2D eigenvalue weighted by atomic mass is 79.9. The fourth-order valence-corrected chi connectivity index (χ4v) is 3.51. The largest absolute Gasteiger partial charge is 0.493 e. The van der Waals surface area contributed by atoms with Crippen LogP contribution in [0.25, 0.3) is 11.3 Å². The molecule has 0 atom stereocenters. The van der Waals surface area contributed by atoms with Gasteiger partial charge in [0.2, 0.25) is 0 Å². The first-order valence-electron chi connectivity index (χ1n) is 9.59. The number of aryl methyl sites for hydroxylation is 1. The van der Waals surface area contributed by atoms with Crippen LogP contribution in [0.5, 0.6) is 5.75 Å². The topological polar surface area (TPSA) is 79.1 Å². The zero-order valence-corrected chi connectivity index (χ0v) is 18.4. The van der Waals surface area contributed by atoms with Gasteiger partial charge in [0.1, 0.15) is 5.75 Å². The Bertz CT molecular complexity index is 1050. The van der Waals surface area contributed by atoms with Gasteiger partial charge in [-0.2, -0.15) is 5.10 Å². The molecule has 0 saturated carbocycles. The third kappa shape index (κ3) is 5.87. The maximum Gasteiger partial charge on any atom is 0.128 e. The van der Waals surface area contributed by atoms with Crippen molar-refractivity contribution in [2.45, 2.75) is 6.42 Å². The molecule has 1 aromatic heterocycles. The van der Waals surface area contributed by atoms with Crippen LogP contribution < -0.4 is 16.2 Å². The van der Waals surface area contributed by atoms with Crippen LogP contribution in [0.1, 0.15) is 5.56 Å². The summed E-state index contributed by atoms with van der Waals surface area (Å²) in [5, 5.41) is 4.26. The Hall–Kier alpha value is -3.25. The molecule has 0 aliphatic carbocycles. The molecule has 0 bridgehead atoms. The van der Waals surface area contributed by atoms with Gasteiger partial charge in [0.05, 0.1) is 23.0 Å². The lowest BCUT2D eigenvalue weighted by atomic mass is 10.1. The maximum atomic E-state index is 6.01. The number of nitrogen functional groups attached to an aromatic ring is 2. The van der Waals surface area contributed by atoms with Gasteiger partial charge in [-0.1, -0.05) is 48.5 Å². The number of para-hydroxylation sites is 1. The highest BCUT2D eigenvalue weighted by molar-refractivity contribution is 9.10. The molecule has 5 nitrogen and oxygen atoms in total. The van der Waals surface area contributed by atoms with Gasteiger partial charge in [-0.15, -0.1) is 0 Å². The molecule has 30 heavy (non-hydrogen) atoms. The van der Waals surface area contributed by atoms with Crippen LogP contribution in [0.4, 0.5) is 11.4 Å². The van der Waals surface area contributed by atoms with E-state index in [0.717, 1.165) is 33.6 Å². The van der Waals surface area contributed by atoms with Gasteiger partial charge < -0.3 is 16.2 Å². The molecule has 3 aromatic carbocycles. The molecule has 4 N–H and O–H groups in total. The fraction of sp³-hybridized carbons (Fsp3) is 0.125. The van der Waals surface area contributed by atoms with Gasteiger partial charge in [0.25, 0.3) is 0 Å². The normalized spacial score (nSPS) is 10.2. The molecule has 1 heterocycles. The molecular weight excluding hydrogens is 440 g/mol. The van der Waals surface area contributed by atoms with Crippen LogP contribution in [-0.2, 0) is 13.5 Å². The molecule has 4 rings (SSSR count). The van der Waals surface area contributed by atoms with Gasteiger partial charge in [0, 0.05) is 30.4 Å². The van der Waals surface area contributed by atoms with E-state index < -0.39 is 0 Å². The number of nitrogens with zero attached hydrogens (tertiary/aromatic N) is 2. The van der Waals surface area contributed by atoms with Crippen molar-refractivity contribution in [2.24, 2.45) is 7.05 Å². The van der Waals surface area contributed by atoms with Crippen LogP contribution in [0.2, 0.25) is 0 Å². The summed E-state index contributed by atoms with van der Waals surface area (Å²) in [4.78, 5) is 0. The van der Waals surface area contributed by atoms with Gasteiger partial charge in [0.15, 0.2) is 0 Å². The number of hydrogen-bond acceptors (Lipinski definition) is 4. The van der Waals surface area contributed by atoms with E-state index >= 15 is 0 Å². The van der Waals surface area contributed by atoms with Gasteiger partial charge >= 0.3 is 0 Å². The lowest BCUT2D eigenvalue weighted by molar-refractivity contribution is 0.323. The Kier molecular flexibility index (Phi) is 7.51. The van der Waals surface area contributed by atoms with Crippen molar-refractivity contribution in [3.8, 4) is 17.0 Å². The van der Waals surface area contributed by atoms with Crippen LogP contribution >= 0.6 is 15.9 Å². The summed E-state index contributed by atoms with van der Waals surface area (Å²) in [5.74, 6) is 0.805. The van der Waals surface area contributed by atoms with E-state index in [0.29, 0.717) is 12.3 Å². The molecule has 4 aromatic rings. The first-order chi connectivity index (χ1) is 14.5. The number of nitrogens with two attached hydrogens (primary N) is 2. The summed E-state index contributed by atoms with van der Waals surface area (Å²) in [5.41, 5.74) is 16.0. The van der Waals surface area contributed by atoms with E-state index in [9.17, 15) is 0 Å². The Morgan fingerprint density at radius 2 is 1.57 bits per heavy atom. The Labute approximate surface area is 185 Å². The summed E-state index contributed by atoms with van der Waals surface area (Å²) in [6, 6.07) is 25.5. The monoisotopic (exact) mass is 464 g/mol. The Morgan fingerprint density at radius 3 is 2.13 bits per heavy atom. The molecule has 154 valence electrons. The molecular formula is C24H25BrN4O. The SMILES string of the molecule is Cn1ncc(Br)c1-c1cc(N)ccc1OCCc1ccccc1.Nc1ccccc1. The minimum absolute atomic E-state index is 0.608. The summed E-state index contributed by atoms with van der Waals surface area (Å²) in [6.45, 7) is 0.608. The van der Waals surface area contributed by atoms with Crippen molar-refractivity contribution in [3.05, 3.63) is 95.1 Å². The molecule has 0 spiro atoms. The third-order valence-corrected chi connectivity index (χ3v) is 5.02. The molecule has 0 aliphatic heterocycles. The van der Waals surface area contributed by atoms with Crippen LogP contribution in [0, 0.1) is 0 Å². The zero-order valence-electron chi connectivity index (χ0n) is 16.8. The summed E-state index contributed by atoms with van der Waals surface area (Å²) >= 11 is 3.54. The maximum absolute atomic E-state index is 6.01. The Balaban J connectivity index is 0.000000310. The van der Waals surface area contributed by atoms with Crippen molar-refractivity contribution in [1.29, 1.82) is 0 Å². The van der Waals surface area contributed by atoms with Gasteiger partial charge in [-0.3, -0.25) is 4.68 Å². The summed E-state index contributed by atoms with van der Waals surface area (Å²) in [6.07, 6.45) is 2.63. The smallest absolute Gasteiger partial charge is 0.128 e. The summed E-state index contributed by atoms with van der Waals surface area (Å²) in [7, 11) is 1.90. The molecule has 0 saturated heterocycles. The van der Waals surface area contributed by atoms with Crippen molar-refractivity contribution in [3.63, 3.8) is 0 Å². The van der Waals surface area contributed by atoms with Crippen molar-refractivity contribution < 1.29 is 4.74 Å². The van der Waals surface area contributed by atoms with Crippen molar-refractivity contribution >= 4 is 27.3 Å². The van der Waals surface area contributed by atoms with E-state index in [1.807, 2.05) is 78.5 Å². The number of rotatable bonds is 5. The van der Waals surface area contributed by atoms with Crippen LogP contribution in [-0.4, -0.2) is 16.4 Å². The highest BCUT2D eigenvalue weighted by Gasteiger charge is 2.14. The second-order valence-corrected chi connectivity index (χ2v) is 7.57. The van der Waals surface area contributed by atoms with E-state index in [1.165, 1.54) is 5.56 Å². The summed E-state index contributed by atoms with van der Waals surface area (Å²) < 4.78 is 8.74. The van der Waals surface area contributed by atoms with Crippen LogP contribution in [0.3, 0.4) is 0 Å². The number of ether oxygens (including phenoxy) is 1. The molecule has 0 unspecified atom stereocenters. The Morgan fingerprint density at radius 1 is 0.900 bits per heavy atom. The second-order valence-electron chi connectivity index (χ2n) is 6.72. The van der Waals surface area contributed by atoms with E-state index in [2.05, 4.69) is 33.2 Å². The van der Waals surface area contributed by atoms with Crippen LogP contribution in [0.15, 0.2) is 89.5 Å². The second kappa shape index (κ2) is 10.5. The average molecular weight is 465 g/mol. The first-order valence-corrected chi connectivity index (χ1v) is 10.4. The fourth-order valence-electron chi connectivity index (χ4n) is 2.95. The molecule has 0 radical (unpaired) electrons. The quantitative estimate of drug-likeness (QED) is 0.391. The van der Waals surface area contributed by atoms with E-state index in [4.69, 9.17) is 16.2 Å². The standard InChI is InChI=1S/C18H18BrN3O.C6H7N/c1-22-18(16(19)12-21-22)15-11-14(20)7-8-17(15)23-10-9-13-5-3-2-4-6-13;7-6-4-2-1-3-5-6/h2-8,11-12H,9-10,20H2,1H3;1-5H,7H2. The minimum Gasteiger partial charge on any atom is -0.493 e. The molecule has 0 aliphatic rings. The molecule has 0 fully saturated rings.